The average Bonchev–Trinajstić information content (AvgIpc) is 2.89. The van der Waals surface area contributed by atoms with E-state index >= 15 is 0 Å². The van der Waals surface area contributed by atoms with Crippen LogP contribution in [-0.2, 0) is 0 Å². The van der Waals surface area contributed by atoms with Crippen LogP contribution in [0.3, 0.4) is 0 Å². The Morgan fingerprint density at radius 3 is 1.61 bits per heavy atom. The number of fused-ring (bicyclic) bond motifs is 5. The zero-order valence-corrected chi connectivity index (χ0v) is 10.0. The van der Waals surface area contributed by atoms with Crippen LogP contribution in [0.25, 0.3) is 33.0 Å². The van der Waals surface area contributed by atoms with Crippen molar-refractivity contribution >= 4 is 33.0 Å². The van der Waals surface area contributed by atoms with Crippen LogP contribution < -0.4 is 0 Å². The summed E-state index contributed by atoms with van der Waals surface area (Å²) >= 11 is 0. The molecule has 0 bridgehead atoms. The molecule has 4 rings (SSSR count). The van der Waals surface area contributed by atoms with Gasteiger partial charge in [0.05, 0.1) is 0 Å². The van der Waals surface area contributed by atoms with Gasteiger partial charge in [-0.25, -0.2) is 9.97 Å². The van der Waals surface area contributed by atoms with Gasteiger partial charge in [0.2, 0.25) is 0 Å². The highest BCUT2D eigenvalue weighted by atomic mass is 16.4. The lowest BCUT2D eigenvalue weighted by molar-refractivity contribution is 0.561. The van der Waals surface area contributed by atoms with Crippen molar-refractivity contribution in [3.05, 3.63) is 36.0 Å². The lowest BCUT2D eigenvalue weighted by atomic mass is 10.1. The predicted octanol–water partition coefficient (Wildman–Crippen LogP) is 3.74. The first-order valence-electron chi connectivity index (χ1n) is 5.78. The smallest absolute Gasteiger partial charge is 0.192 e. The van der Waals surface area contributed by atoms with Gasteiger partial charge in [-0.1, -0.05) is 0 Å². The van der Waals surface area contributed by atoms with Crippen molar-refractivity contribution in [3.63, 3.8) is 0 Å². The maximum absolute atomic E-state index is 5.66. The molecule has 0 atom stereocenters. The molecule has 4 nitrogen and oxygen atoms in total. The molecule has 0 spiro atoms. The summed E-state index contributed by atoms with van der Waals surface area (Å²) in [6.07, 6.45) is 0. The summed E-state index contributed by atoms with van der Waals surface area (Å²) < 4.78 is 11.3. The molecule has 0 radical (unpaired) electrons. The second kappa shape index (κ2) is 3.10. The van der Waals surface area contributed by atoms with Crippen molar-refractivity contribution in [2.75, 3.05) is 0 Å². The average molecular weight is 238 g/mol. The van der Waals surface area contributed by atoms with Crippen molar-refractivity contribution in [2.24, 2.45) is 0 Å². The Hall–Kier alpha value is -2.36. The second-order valence-electron chi connectivity index (χ2n) is 4.39. The summed E-state index contributed by atoms with van der Waals surface area (Å²) in [7, 11) is 0. The van der Waals surface area contributed by atoms with E-state index in [4.69, 9.17) is 8.83 Å². The second-order valence-corrected chi connectivity index (χ2v) is 4.39. The van der Waals surface area contributed by atoms with E-state index in [0.717, 1.165) is 33.0 Å². The summed E-state index contributed by atoms with van der Waals surface area (Å²) in [5.74, 6) is 1.35. The van der Waals surface area contributed by atoms with E-state index in [1.54, 1.807) is 0 Å². The minimum absolute atomic E-state index is 0.673. The van der Waals surface area contributed by atoms with Crippen molar-refractivity contribution in [1.82, 2.24) is 9.97 Å². The molecule has 0 aliphatic carbocycles. The van der Waals surface area contributed by atoms with E-state index in [2.05, 4.69) is 9.97 Å². The molecule has 0 fully saturated rings. The monoisotopic (exact) mass is 238 g/mol. The Labute approximate surface area is 102 Å². The number of hydrogen-bond acceptors (Lipinski definition) is 4. The van der Waals surface area contributed by atoms with Crippen LogP contribution in [0.4, 0.5) is 0 Å². The van der Waals surface area contributed by atoms with Crippen LogP contribution in [0.15, 0.2) is 33.1 Å². The first kappa shape index (κ1) is 9.65. The summed E-state index contributed by atoms with van der Waals surface area (Å²) in [4.78, 5) is 8.67. The van der Waals surface area contributed by atoms with Crippen molar-refractivity contribution in [3.8, 4) is 0 Å². The third-order valence-corrected chi connectivity index (χ3v) is 3.12. The Bertz CT molecular complexity index is 826. The van der Waals surface area contributed by atoms with Gasteiger partial charge in [-0.3, -0.25) is 0 Å². The summed E-state index contributed by atoms with van der Waals surface area (Å²) in [6, 6.07) is 7.91. The fourth-order valence-corrected chi connectivity index (χ4v) is 2.40. The van der Waals surface area contributed by atoms with Gasteiger partial charge in [-0.05, 0) is 24.3 Å². The first-order chi connectivity index (χ1) is 8.72. The van der Waals surface area contributed by atoms with Gasteiger partial charge in [0, 0.05) is 24.6 Å². The normalized spacial score (nSPS) is 11.9. The molecule has 0 saturated carbocycles. The summed E-state index contributed by atoms with van der Waals surface area (Å²) in [5.41, 5.74) is 3.35. The molecule has 2 aromatic heterocycles. The number of nitrogens with zero attached hydrogens (tertiary/aromatic N) is 2. The molecule has 2 heterocycles. The first-order valence-corrected chi connectivity index (χ1v) is 5.78. The van der Waals surface area contributed by atoms with E-state index in [-0.39, 0.29) is 0 Å². The fourth-order valence-electron chi connectivity index (χ4n) is 2.40. The molecule has 18 heavy (non-hydrogen) atoms. The molecule has 0 N–H and O–H groups in total. The minimum Gasteiger partial charge on any atom is -0.440 e. The Morgan fingerprint density at radius 1 is 0.722 bits per heavy atom. The number of benzene rings is 2. The van der Waals surface area contributed by atoms with Crippen LogP contribution >= 0.6 is 0 Å². The lowest BCUT2D eigenvalue weighted by Gasteiger charge is -1.97. The van der Waals surface area contributed by atoms with Crippen molar-refractivity contribution in [1.29, 1.82) is 0 Å². The highest BCUT2D eigenvalue weighted by Gasteiger charge is 2.12. The van der Waals surface area contributed by atoms with Crippen LogP contribution in [0, 0.1) is 13.8 Å². The van der Waals surface area contributed by atoms with Gasteiger partial charge in [-0.2, -0.15) is 0 Å². The number of oxazole rings is 2. The van der Waals surface area contributed by atoms with Crippen LogP contribution in [0.5, 0.6) is 0 Å². The third-order valence-electron chi connectivity index (χ3n) is 3.12. The van der Waals surface area contributed by atoms with Gasteiger partial charge < -0.3 is 8.83 Å². The van der Waals surface area contributed by atoms with E-state index in [9.17, 15) is 0 Å². The number of hydrogen-bond donors (Lipinski definition) is 0. The quantitative estimate of drug-likeness (QED) is 0.468. The Morgan fingerprint density at radius 2 is 1.17 bits per heavy atom. The number of aryl methyl sites for hydroxylation is 2. The molecule has 4 aromatic rings. The van der Waals surface area contributed by atoms with Gasteiger partial charge in [0.15, 0.2) is 22.9 Å². The molecular formula is C14H10N2O2. The number of rotatable bonds is 0. The molecule has 88 valence electrons. The Kier molecular flexibility index (Phi) is 1.66. The maximum Gasteiger partial charge on any atom is 0.192 e. The van der Waals surface area contributed by atoms with Crippen LogP contribution in [0.2, 0.25) is 0 Å². The SMILES string of the molecule is Cc1nc2ccc3c(ccc4nc(C)oc43)c2o1. The predicted molar refractivity (Wildman–Crippen MR) is 68.6 cm³/mol. The van der Waals surface area contributed by atoms with Crippen LogP contribution in [-0.4, -0.2) is 9.97 Å². The third kappa shape index (κ3) is 1.14. The summed E-state index contributed by atoms with van der Waals surface area (Å²) in [6.45, 7) is 3.70. The van der Waals surface area contributed by atoms with Gasteiger partial charge in [-0.15, -0.1) is 0 Å². The number of aromatic nitrogens is 2. The molecule has 4 heteroatoms. The topological polar surface area (TPSA) is 52.1 Å². The maximum atomic E-state index is 5.66. The van der Waals surface area contributed by atoms with E-state index in [1.807, 2.05) is 38.1 Å². The Balaban J connectivity index is 2.29. The van der Waals surface area contributed by atoms with E-state index in [1.165, 1.54) is 0 Å². The molecule has 0 aliphatic rings. The highest BCUT2D eigenvalue weighted by Crippen LogP contribution is 2.31. The van der Waals surface area contributed by atoms with Gasteiger partial charge >= 0.3 is 0 Å². The molecule has 0 amide bonds. The van der Waals surface area contributed by atoms with Gasteiger partial charge in [0.1, 0.15) is 11.0 Å². The molecule has 0 saturated heterocycles. The molecule has 0 aliphatic heterocycles. The highest BCUT2D eigenvalue weighted by molar-refractivity contribution is 6.12. The van der Waals surface area contributed by atoms with E-state index < -0.39 is 0 Å². The van der Waals surface area contributed by atoms with Gasteiger partial charge in [0.25, 0.3) is 0 Å². The molecule has 0 unspecified atom stereocenters. The molecule has 2 aromatic carbocycles. The van der Waals surface area contributed by atoms with Crippen molar-refractivity contribution in [2.45, 2.75) is 13.8 Å². The zero-order valence-electron chi connectivity index (χ0n) is 10.0. The minimum atomic E-state index is 0.673. The lowest BCUT2D eigenvalue weighted by Crippen LogP contribution is -1.76. The molecular weight excluding hydrogens is 228 g/mol. The van der Waals surface area contributed by atoms with Crippen molar-refractivity contribution < 1.29 is 8.83 Å². The fraction of sp³-hybridized carbons (Fsp3) is 0.143. The standard InChI is InChI=1S/C14H10N2O2/c1-7-15-11-5-3-10-9(13(11)17-7)4-6-12-14(10)18-8(2)16-12/h3-6H,1-2H3. The largest absolute Gasteiger partial charge is 0.440 e. The zero-order chi connectivity index (χ0) is 12.3. The van der Waals surface area contributed by atoms with E-state index in [0.29, 0.717) is 11.8 Å². The summed E-state index contributed by atoms with van der Waals surface area (Å²) in [5, 5.41) is 2.02. The van der Waals surface area contributed by atoms with Crippen LogP contribution in [0.1, 0.15) is 11.8 Å².